The Hall–Kier alpha value is -2.86. The molecule has 32 heavy (non-hydrogen) atoms. The van der Waals surface area contributed by atoms with E-state index in [0.29, 0.717) is 19.6 Å². The Balaban J connectivity index is 1.43. The molecule has 0 aromatic heterocycles. The van der Waals surface area contributed by atoms with Crippen LogP contribution < -0.4 is 9.47 Å². The minimum atomic E-state index is -0.421. The number of rotatable bonds is 9. The van der Waals surface area contributed by atoms with Crippen LogP contribution in [0.3, 0.4) is 0 Å². The molecule has 0 saturated carbocycles. The molecule has 4 rings (SSSR count). The molecule has 0 aliphatic carbocycles. The first-order valence-corrected chi connectivity index (χ1v) is 11.0. The Morgan fingerprint density at radius 2 is 1.31 bits per heavy atom. The fourth-order valence-electron chi connectivity index (χ4n) is 3.83. The van der Waals surface area contributed by atoms with Gasteiger partial charge in [-0.05, 0) is 42.3 Å². The van der Waals surface area contributed by atoms with E-state index in [-0.39, 0.29) is 18.3 Å². The zero-order chi connectivity index (χ0) is 22.2. The van der Waals surface area contributed by atoms with Gasteiger partial charge in [-0.3, -0.25) is 0 Å². The summed E-state index contributed by atoms with van der Waals surface area (Å²) in [4.78, 5) is 0. The molecule has 5 nitrogen and oxygen atoms in total. The van der Waals surface area contributed by atoms with Gasteiger partial charge in [-0.2, -0.15) is 0 Å². The number of hydrogen-bond donors (Lipinski definition) is 0. The van der Waals surface area contributed by atoms with E-state index in [9.17, 15) is 0 Å². The predicted octanol–water partition coefficient (Wildman–Crippen LogP) is 5.38. The van der Waals surface area contributed by atoms with Crippen molar-refractivity contribution < 1.29 is 23.7 Å². The van der Waals surface area contributed by atoms with E-state index >= 15 is 0 Å². The maximum Gasteiger partial charge on any atom is 0.202 e. The van der Waals surface area contributed by atoms with Crippen molar-refractivity contribution in [3.05, 3.63) is 96.1 Å². The Morgan fingerprint density at radius 1 is 0.750 bits per heavy atom. The van der Waals surface area contributed by atoms with Gasteiger partial charge in [-0.1, -0.05) is 60.7 Å². The fourth-order valence-corrected chi connectivity index (χ4v) is 3.83. The molecule has 0 N–H and O–H groups in total. The monoisotopic (exact) mass is 434 g/mol. The van der Waals surface area contributed by atoms with Crippen LogP contribution in [-0.4, -0.2) is 31.7 Å². The zero-order valence-electron chi connectivity index (χ0n) is 18.6. The molecule has 1 fully saturated rings. The third kappa shape index (κ3) is 6.10. The number of benzene rings is 3. The van der Waals surface area contributed by atoms with Crippen molar-refractivity contribution in [1.82, 2.24) is 0 Å². The highest BCUT2D eigenvalue weighted by Crippen LogP contribution is 2.29. The summed E-state index contributed by atoms with van der Waals surface area (Å²) >= 11 is 0. The molecule has 3 aromatic rings. The molecule has 1 aliphatic rings. The van der Waals surface area contributed by atoms with Gasteiger partial charge in [-0.25, -0.2) is 0 Å². The van der Waals surface area contributed by atoms with Crippen molar-refractivity contribution in [2.75, 3.05) is 7.11 Å². The summed E-state index contributed by atoms with van der Waals surface area (Å²) in [5.41, 5.74) is 2.25. The fraction of sp³-hybridized carbons (Fsp3) is 0.333. The topological polar surface area (TPSA) is 46.2 Å². The average molecular weight is 435 g/mol. The molecule has 5 heteroatoms. The van der Waals surface area contributed by atoms with E-state index in [1.165, 1.54) is 0 Å². The second-order valence-corrected chi connectivity index (χ2v) is 7.90. The molecule has 0 radical (unpaired) electrons. The van der Waals surface area contributed by atoms with Crippen LogP contribution in [0.4, 0.5) is 0 Å². The first kappa shape index (κ1) is 22.3. The van der Waals surface area contributed by atoms with Gasteiger partial charge in [0.2, 0.25) is 6.29 Å². The van der Waals surface area contributed by atoms with Crippen molar-refractivity contribution in [3.63, 3.8) is 0 Å². The molecule has 1 aliphatic heterocycles. The summed E-state index contributed by atoms with van der Waals surface area (Å²) in [5, 5.41) is 0. The molecule has 3 aromatic carbocycles. The highest BCUT2D eigenvalue weighted by Gasteiger charge is 2.39. The van der Waals surface area contributed by atoms with E-state index in [1.807, 2.05) is 67.6 Å². The van der Waals surface area contributed by atoms with Gasteiger partial charge in [0, 0.05) is 6.42 Å². The lowest BCUT2D eigenvalue weighted by Crippen LogP contribution is -2.50. The van der Waals surface area contributed by atoms with Crippen LogP contribution in [0.15, 0.2) is 84.9 Å². The molecule has 1 heterocycles. The lowest BCUT2D eigenvalue weighted by atomic mass is 10.0. The quantitative estimate of drug-likeness (QED) is 0.452. The smallest absolute Gasteiger partial charge is 0.202 e. The Labute approximate surface area is 189 Å². The van der Waals surface area contributed by atoms with Gasteiger partial charge in [0.15, 0.2) is 0 Å². The number of methoxy groups -OCH3 is 1. The van der Waals surface area contributed by atoms with Crippen LogP contribution in [0.2, 0.25) is 0 Å². The molecule has 4 atom stereocenters. The lowest BCUT2D eigenvalue weighted by molar-refractivity contribution is -0.243. The van der Waals surface area contributed by atoms with Crippen LogP contribution in [0.1, 0.15) is 24.5 Å². The molecule has 0 spiro atoms. The summed E-state index contributed by atoms with van der Waals surface area (Å²) < 4.78 is 30.1. The van der Waals surface area contributed by atoms with E-state index in [1.54, 1.807) is 7.11 Å². The van der Waals surface area contributed by atoms with Crippen LogP contribution >= 0.6 is 0 Å². The summed E-state index contributed by atoms with van der Waals surface area (Å²) in [5.74, 6) is 1.52. The second kappa shape index (κ2) is 11.1. The third-order valence-corrected chi connectivity index (χ3v) is 5.54. The largest absolute Gasteiger partial charge is 0.497 e. The van der Waals surface area contributed by atoms with Gasteiger partial charge >= 0.3 is 0 Å². The Kier molecular flexibility index (Phi) is 7.77. The normalized spacial score (nSPS) is 22.9. The van der Waals surface area contributed by atoms with Crippen molar-refractivity contribution in [2.45, 2.75) is 51.2 Å². The van der Waals surface area contributed by atoms with Crippen molar-refractivity contribution in [2.24, 2.45) is 0 Å². The lowest BCUT2D eigenvalue weighted by Gasteiger charge is -2.40. The Morgan fingerprint density at radius 3 is 1.91 bits per heavy atom. The highest BCUT2D eigenvalue weighted by molar-refractivity contribution is 5.31. The van der Waals surface area contributed by atoms with Gasteiger partial charge in [0.05, 0.1) is 32.5 Å². The first-order chi connectivity index (χ1) is 15.7. The van der Waals surface area contributed by atoms with Gasteiger partial charge in [0.1, 0.15) is 17.6 Å². The maximum absolute atomic E-state index is 6.34. The van der Waals surface area contributed by atoms with E-state index < -0.39 is 6.29 Å². The van der Waals surface area contributed by atoms with Crippen LogP contribution in [-0.2, 0) is 27.4 Å². The van der Waals surface area contributed by atoms with Crippen LogP contribution in [0, 0.1) is 0 Å². The number of ether oxygens (including phenoxy) is 5. The average Bonchev–Trinajstić information content (AvgIpc) is 2.84. The summed E-state index contributed by atoms with van der Waals surface area (Å²) in [6.45, 7) is 3.03. The molecule has 0 amide bonds. The van der Waals surface area contributed by atoms with Crippen LogP contribution in [0.5, 0.6) is 11.5 Å². The minimum Gasteiger partial charge on any atom is -0.497 e. The summed E-state index contributed by atoms with van der Waals surface area (Å²) in [7, 11) is 1.64. The zero-order valence-corrected chi connectivity index (χ0v) is 18.6. The van der Waals surface area contributed by atoms with Crippen molar-refractivity contribution >= 4 is 0 Å². The summed E-state index contributed by atoms with van der Waals surface area (Å²) in [6.07, 6.45) is -0.393. The molecule has 0 bridgehead atoms. The SMILES string of the molecule is COc1ccc(O[C@@H]2C[C@H](OCc3ccccc3)[C@@H](OCc3ccccc3)[C@H](C)O2)cc1. The van der Waals surface area contributed by atoms with Crippen LogP contribution in [0.25, 0.3) is 0 Å². The molecule has 168 valence electrons. The second-order valence-electron chi connectivity index (χ2n) is 7.90. The minimum absolute atomic E-state index is 0.161. The number of hydrogen-bond acceptors (Lipinski definition) is 5. The van der Waals surface area contributed by atoms with Crippen molar-refractivity contribution in [1.29, 1.82) is 0 Å². The predicted molar refractivity (Wildman–Crippen MR) is 123 cm³/mol. The van der Waals surface area contributed by atoms with Gasteiger partial charge in [0.25, 0.3) is 0 Å². The van der Waals surface area contributed by atoms with Gasteiger partial charge < -0.3 is 23.7 Å². The molecule has 0 unspecified atom stereocenters. The highest BCUT2D eigenvalue weighted by atomic mass is 16.7. The standard InChI is InChI=1S/C27H30O5/c1-20-27(30-19-22-11-7-4-8-12-22)25(29-18-21-9-5-3-6-10-21)17-26(31-20)32-24-15-13-23(28-2)14-16-24/h3-16,20,25-27H,17-19H2,1-2H3/t20-,25-,26+,27-/m0/s1. The first-order valence-electron chi connectivity index (χ1n) is 11.0. The molecular weight excluding hydrogens is 404 g/mol. The Bertz CT molecular complexity index is 929. The third-order valence-electron chi connectivity index (χ3n) is 5.54. The van der Waals surface area contributed by atoms with E-state index in [4.69, 9.17) is 23.7 Å². The van der Waals surface area contributed by atoms with Gasteiger partial charge in [-0.15, -0.1) is 0 Å². The summed E-state index contributed by atoms with van der Waals surface area (Å²) in [6, 6.07) is 27.8. The molecule has 1 saturated heterocycles. The maximum atomic E-state index is 6.34. The van der Waals surface area contributed by atoms with E-state index in [0.717, 1.165) is 22.6 Å². The van der Waals surface area contributed by atoms with Crippen molar-refractivity contribution in [3.8, 4) is 11.5 Å². The van der Waals surface area contributed by atoms with E-state index in [2.05, 4.69) is 24.3 Å². The molecular formula is C27H30O5.